The van der Waals surface area contributed by atoms with Gasteiger partial charge in [-0.25, -0.2) is 0 Å². The maximum atomic E-state index is 5.93. The Morgan fingerprint density at radius 3 is 2.44 bits per heavy atom. The van der Waals surface area contributed by atoms with Crippen LogP contribution < -0.4 is 10.1 Å². The molecule has 1 unspecified atom stereocenters. The molecule has 0 heterocycles. The summed E-state index contributed by atoms with van der Waals surface area (Å²) in [4.78, 5) is 0. The number of rotatable bonds is 5. The van der Waals surface area contributed by atoms with Gasteiger partial charge in [0.05, 0.1) is 16.7 Å². The van der Waals surface area contributed by atoms with E-state index in [-0.39, 0.29) is 5.54 Å². The Kier molecular flexibility index (Phi) is 5.77. The van der Waals surface area contributed by atoms with Gasteiger partial charge in [-0.05, 0) is 32.9 Å². The Morgan fingerprint density at radius 2 is 1.89 bits per heavy atom. The highest BCUT2D eigenvalue weighted by atomic mass is 35.5. The Bertz CT molecular complexity index is 388. The average Bonchev–Trinajstić information content (AvgIpc) is 2.27. The maximum absolute atomic E-state index is 5.93. The second-order valence-electron chi connectivity index (χ2n) is 5.62. The molecule has 1 N–H and O–H groups in total. The highest BCUT2D eigenvalue weighted by Gasteiger charge is 2.11. The topological polar surface area (TPSA) is 21.3 Å². The fourth-order valence-electron chi connectivity index (χ4n) is 1.34. The van der Waals surface area contributed by atoms with Gasteiger partial charge in [0.15, 0.2) is 0 Å². The van der Waals surface area contributed by atoms with Crippen LogP contribution in [-0.4, -0.2) is 18.7 Å². The second-order valence-corrected chi connectivity index (χ2v) is 6.44. The molecular formula is C14H21Cl2NO. The lowest BCUT2D eigenvalue weighted by Crippen LogP contribution is -2.39. The molecule has 0 bridgehead atoms. The molecule has 1 rings (SSSR count). The van der Waals surface area contributed by atoms with Crippen LogP contribution in [0.2, 0.25) is 10.0 Å². The van der Waals surface area contributed by atoms with Crippen molar-refractivity contribution in [2.45, 2.75) is 33.2 Å². The van der Waals surface area contributed by atoms with Crippen LogP contribution in [0.1, 0.15) is 27.7 Å². The van der Waals surface area contributed by atoms with Crippen molar-refractivity contribution in [1.29, 1.82) is 0 Å². The van der Waals surface area contributed by atoms with Gasteiger partial charge in [0.1, 0.15) is 5.75 Å². The number of halogens is 2. The molecule has 2 nitrogen and oxygen atoms in total. The van der Waals surface area contributed by atoms with Crippen LogP contribution in [0.5, 0.6) is 5.75 Å². The minimum absolute atomic E-state index is 0.137. The van der Waals surface area contributed by atoms with E-state index >= 15 is 0 Å². The van der Waals surface area contributed by atoms with E-state index in [0.717, 1.165) is 12.3 Å². The van der Waals surface area contributed by atoms with Crippen molar-refractivity contribution in [3.63, 3.8) is 0 Å². The first-order chi connectivity index (χ1) is 8.28. The van der Waals surface area contributed by atoms with Gasteiger partial charge in [-0.2, -0.15) is 0 Å². The molecule has 0 fully saturated rings. The predicted octanol–water partition coefficient (Wildman–Crippen LogP) is 4.40. The molecule has 1 aromatic carbocycles. The molecule has 0 aromatic heterocycles. The summed E-state index contributed by atoms with van der Waals surface area (Å²) in [5, 5.41) is 4.52. The van der Waals surface area contributed by atoms with Crippen LogP contribution in [-0.2, 0) is 0 Å². The summed E-state index contributed by atoms with van der Waals surface area (Å²) in [6, 6.07) is 5.32. The molecule has 0 saturated carbocycles. The standard InChI is InChI=1S/C14H21Cl2NO/c1-10(8-17-14(2,3)4)9-18-11-5-6-12(15)13(16)7-11/h5-7,10,17H,8-9H2,1-4H3. The molecule has 18 heavy (non-hydrogen) atoms. The molecule has 4 heteroatoms. The number of hydrogen-bond acceptors (Lipinski definition) is 2. The quantitative estimate of drug-likeness (QED) is 0.868. The van der Waals surface area contributed by atoms with Gasteiger partial charge in [0.25, 0.3) is 0 Å². The lowest BCUT2D eigenvalue weighted by molar-refractivity contribution is 0.244. The van der Waals surface area contributed by atoms with Crippen LogP contribution in [0.4, 0.5) is 0 Å². The molecule has 0 aliphatic rings. The van der Waals surface area contributed by atoms with Crippen LogP contribution in [0.15, 0.2) is 18.2 Å². The molecule has 102 valence electrons. The van der Waals surface area contributed by atoms with Crippen molar-refractivity contribution in [2.75, 3.05) is 13.2 Å². The van der Waals surface area contributed by atoms with E-state index in [1.807, 2.05) is 6.07 Å². The third-order valence-corrected chi connectivity index (χ3v) is 3.15. The lowest BCUT2D eigenvalue weighted by atomic mass is 10.1. The third kappa shape index (κ3) is 5.94. The maximum Gasteiger partial charge on any atom is 0.120 e. The van der Waals surface area contributed by atoms with E-state index in [0.29, 0.717) is 22.6 Å². The number of ether oxygens (including phenoxy) is 1. The Hall–Kier alpha value is -0.440. The van der Waals surface area contributed by atoms with E-state index in [2.05, 4.69) is 33.0 Å². The monoisotopic (exact) mass is 289 g/mol. The summed E-state index contributed by atoms with van der Waals surface area (Å²) in [6.45, 7) is 10.2. The van der Waals surface area contributed by atoms with Crippen LogP contribution >= 0.6 is 23.2 Å². The minimum atomic E-state index is 0.137. The smallest absolute Gasteiger partial charge is 0.120 e. The Labute approximate surface area is 120 Å². The highest BCUT2D eigenvalue weighted by molar-refractivity contribution is 6.42. The third-order valence-electron chi connectivity index (χ3n) is 2.41. The van der Waals surface area contributed by atoms with Gasteiger partial charge in [-0.3, -0.25) is 0 Å². The van der Waals surface area contributed by atoms with E-state index in [9.17, 15) is 0 Å². The predicted molar refractivity (Wildman–Crippen MR) is 78.9 cm³/mol. The van der Waals surface area contributed by atoms with Crippen molar-refractivity contribution < 1.29 is 4.74 Å². The molecule has 0 amide bonds. The van der Waals surface area contributed by atoms with Crippen molar-refractivity contribution in [3.05, 3.63) is 28.2 Å². The first-order valence-electron chi connectivity index (χ1n) is 6.11. The Morgan fingerprint density at radius 1 is 1.22 bits per heavy atom. The zero-order valence-electron chi connectivity index (χ0n) is 11.4. The van der Waals surface area contributed by atoms with E-state index in [1.165, 1.54) is 0 Å². The van der Waals surface area contributed by atoms with Crippen molar-refractivity contribution >= 4 is 23.2 Å². The summed E-state index contributed by atoms with van der Waals surface area (Å²) in [5.74, 6) is 1.19. The van der Waals surface area contributed by atoms with Gasteiger partial charge in [0.2, 0.25) is 0 Å². The normalized spacial score (nSPS) is 13.4. The molecule has 1 atom stereocenters. The Balaban J connectivity index is 2.38. The molecule has 0 spiro atoms. The first kappa shape index (κ1) is 15.6. The van der Waals surface area contributed by atoms with Crippen molar-refractivity contribution in [3.8, 4) is 5.75 Å². The zero-order chi connectivity index (χ0) is 13.8. The molecule has 0 saturated heterocycles. The van der Waals surface area contributed by atoms with Crippen LogP contribution in [0.25, 0.3) is 0 Å². The van der Waals surface area contributed by atoms with E-state index in [1.54, 1.807) is 12.1 Å². The van der Waals surface area contributed by atoms with Gasteiger partial charge in [-0.1, -0.05) is 30.1 Å². The van der Waals surface area contributed by atoms with Gasteiger partial charge < -0.3 is 10.1 Å². The fraction of sp³-hybridized carbons (Fsp3) is 0.571. The number of benzene rings is 1. The van der Waals surface area contributed by atoms with Gasteiger partial charge >= 0.3 is 0 Å². The van der Waals surface area contributed by atoms with Crippen LogP contribution in [0, 0.1) is 5.92 Å². The number of hydrogen-bond donors (Lipinski definition) is 1. The molecule has 0 radical (unpaired) electrons. The summed E-state index contributed by atoms with van der Waals surface area (Å²) >= 11 is 11.8. The summed E-state index contributed by atoms with van der Waals surface area (Å²) < 4.78 is 5.69. The largest absolute Gasteiger partial charge is 0.493 e. The SMILES string of the molecule is CC(CNC(C)(C)C)COc1ccc(Cl)c(Cl)c1. The van der Waals surface area contributed by atoms with Gasteiger partial charge in [-0.15, -0.1) is 0 Å². The number of nitrogens with one attached hydrogen (secondary N) is 1. The highest BCUT2D eigenvalue weighted by Crippen LogP contribution is 2.26. The summed E-state index contributed by atoms with van der Waals surface area (Å²) in [6.07, 6.45) is 0. The molecular weight excluding hydrogens is 269 g/mol. The molecule has 0 aliphatic heterocycles. The lowest BCUT2D eigenvalue weighted by Gasteiger charge is -2.23. The van der Waals surface area contributed by atoms with Gasteiger partial charge in [0, 0.05) is 24.1 Å². The van der Waals surface area contributed by atoms with E-state index < -0.39 is 0 Å². The molecule has 0 aliphatic carbocycles. The fourth-order valence-corrected chi connectivity index (χ4v) is 1.63. The van der Waals surface area contributed by atoms with E-state index in [4.69, 9.17) is 27.9 Å². The minimum Gasteiger partial charge on any atom is -0.493 e. The zero-order valence-corrected chi connectivity index (χ0v) is 12.9. The summed E-state index contributed by atoms with van der Waals surface area (Å²) in [7, 11) is 0. The van der Waals surface area contributed by atoms with Crippen molar-refractivity contribution in [1.82, 2.24) is 5.32 Å². The molecule has 1 aromatic rings. The average molecular weight is 290 g/mol. The first-order valence-corrected chi connectivity index (χ1v) is 6.86. The summed E-state index contributed by atoms with van der Waals surface area (Å²) in [5.41, 5.74) is 0.137. The van der Waals surface area contributed by atoms with Crippen LogP contribution in [0.3, 0.4) is 0 Å². The van der Waals surface area contributed by atoms with Crippen molar-refractivity contribution in [2.24, 2.45) is 5.92 Å². The second kappa shape index (κ2) is 6.65.